The van der Waals surface area contributed by atoms with Crippen LogP contribution in [0.25, 0.3) is 0 Å². The fraction of sp³-hybridized carbons (Fsp3) is 0.532. The lowest BCUT2D eigenvalue weighted by molar-refractivity contribution is -0.119. The molecule has 0 spiro atoms. The summed E-state index contributed by atoms with van der Waals surface area (Å²) in [7, 11) is 0. The zero-order chi connectivity index (χ0) is 46.0. The minimum absolute atomic E-state index is 0.00570. The standard InChI is InChI=1S/C47H69N9O4S2/c1-8-9-10-13-36(57)24-30-20-34(46(2,3)4)22-32(42(30)61-18-16-53-44(49)50)26-40(59)38-28-39(56-29-55-38)41(60)27-33-23-35(47(5,6)7)21-31(25-37(58)14-11-12-15-48)43(33)62-19-17-54-45(51)52/h20-23,28-29H,8-19,24-27,48H2,1-7H3,(H4,49,50,53)(H4,51,52,54). The van der Waals surface area contributed by atoms with Crippen LogP contribution < -0.4 is 28.7 Å². The van der Waals surface area contributed by atoms with Gasteiger partial charge in [0.2, 0.25) is 0 Å². The summed E-state index contributed by atoms with van der Waals surface area (Å²) in [5, 5.41) is 0. The SMILES string of the molecule is CCCCCC(=O)Cc1cc(C(C)(C)C)cc(CC(=O)c2cc(C(=O)Cc3cc(C(C)(C)C)cc(CC(=O)CCCCN)c3SCCN=C(N)N)ncn2)c1SCCN=C(N)N. The Bertz CT molecular complexity index is 1940. The maximum absolute atomic E-state index is 14.2. The Balaban J connectivity index is 2.05. The summed E-state index contributed by atoms with van der Waals surface area (Å²) >= 11 is 3.02. The number of aliphatic imine (C=N–C) groups is 2. The van der Waals surface area contributed by atoms with Crippen molar-refractivity contribution in [2.24, 2.45) is 38.7 Å². The number of carbonyl (C=O) groups is 4. The molecule has 15 heteroatoms. The van der Waals surface area contributed by atoms with Gasteiger partial charge in [0.1, 0.15) is 29.3 Å². The van der Waals surface area contributed by atoms with Crippen molar-refractivity contribution in [1.82, 2.24) is 9.97 Å². The summed E-state index contributed by atoms with van der Waals surface area (Å²) in [6, 6.07) is 9.67. The zero-order valence-corrected chi connectivity index (χ0v) is 39.5. The number of hydrogen-bond acceptors (Lipinski definition) is 11. The third kappa shape index (κ3) is 17.3. The number of ketones is 4. The van der Waals surface area contributed by atoms with Crippen molar-refractivity contribution in [3.63, 3.8) is 0 Å². The second-order valence-electron chi connectivity index (χ2n) is 17.7. The molecule has 338 valence electrons. The Morgan fingerprint density at radius 2 is 0.968 bits per heavy atom. The number of aromatic nitrogens is 2. The minimum atomic E-state index is -0.298. The van der Waals surface area contributed by atoms with E-state index in [1.165, 1.54) is 35.9 Å². The molecule has 0 fully saturated rings. The van der Waals surface area contributed by atoms with Gasteiger partial charge >= 0.3 is 0 Å². The highest BCUT2D eigenvalue weighted by Crippen LogP contribution is 2.36. The molecule has 0 aliphatic carbocycles. The van der Waals surface area contributed by atoms with Gasteiger partial charge in [-0.25, -0.2) is 9.97 Å². The molecule has 0 radical (unpaired) electrons. The fourth-order valence-electron chi connectivity index (χ4n) is 6.75. The molecule has 0 atom stereocenters. The second-order valence-corrected chi connectivity index (χ2v) is 19.9. The molecule has 0 unspecified atom stereocenters. The van der Waals surface area contributed by atoms with E-state index in [9.17, 15) is 19.2 Å². The molecule has 10 N–H and O–H groups in total. The number of unbranched alkanes of at least 4 members (excludes halogenated alkanes) is 3. The average Bonchev–Trinajstić information content (AvgIpc) is 3.18. The second kappa shape index (κ2) is 24.9. The van der Waals surface area contributed by atoms with Crippen molar-refractivity contribution in [3.8, 4) is 0 Å². The van der Waals surface area contributed by atoms with Crippen LogP contribution in [-0.4, -0.2) is 76.2 Å². The molecule has 1 aromatic heterocycles. The van der Waals surface area contributed by atoms with Gasteiger partial charge < -0.3 is 28.7 Å². The van der Waals surface area contributed by atoms with E-state index < -0.39 is 0 Å². The van der Waals surface area contributed by atoms with Gasteiger partial charge in [0.15, 0.2) is 23.5 Å². The monoisotopic (exact) mass is 887 g/mol. The first-order valence-electron chi connectivity index (χ1n) is 21.5. The van der Waals surface area contributed by atoms with Crippen LogP contribution in [0.4, 0.5) is 0 Å². The van der Waals surface area contributed by atoms with Crippen LogP contribution in [-0.2, 0) is 46.1 Å². The molecule has 0 aliphatic rings. The van der Waals surface area contributed by atoms with Crippen LogP contribution in [0.3, 0.4) is 0 Å². The molecule has 0 saturated heterocycles. The number of carbonyl (C=O) groups excluding carboxylic acids is 4. The van der Waals surface area contributed by atoms with Crippen LogP contribution in [0.15, 0.2) is 56.4 Å². The van der Waals surface area contributed by atoms with Crippen molar-refractivity contribution in [3.05, 3.63) is 81.4 Å². The molecule has 13 nitrogen and oxygen atoms in total. The van der Waals surface area contributed by atoms with Crippen molar-refractivity contribution < 1.29 is 19.2 Å². The minimum Gasteiger partial charge on any atom is -0.370 e. The van der Waals surface area contributed by atoms with E-state index in [1.807, 2.05) is 12.1 Å². The van der Waals surface area contributed by atoms with Gasteiger partial charge in [-0.2, -0.15) is 0 Å². The van der Waals surface area contributed by atoms with Crippen LogP contribution in [0.5, 0.6) is 0 Å². The lowest BCUT2D eigenvalue weighted by Crippen LogP contribution is -2.23. The van der Waals surface area contributed by atoms with Crippen molar-refractivity contribution in [2.75, 3.05) is 31.1 Å². The van der Waals surface area contributed by atoms with E-state index in [2.05, 4.69) is 80.6 Å². The van der Waals surface area contributed by atoms with Crippen molar-refractivity contribution in [1.29, 1.82) is 0 Å². The molecule has 3 rings (SSSR count). The summed E-state index contributed by atoms with van der Waals surface area (Å²) in [6.45, 7) is 15.9. The summed E-state index contributed by atoms with van der Waals surface area (Å²) in [5.74, 6) is 0.696. The number of guanidine groups is 2. The number of hydrogen-bond donors (Lipinski definition) is 5. The smallest absolute Gasteiger partial charge is 0.185 e. The van der Waals surface area contributed by atoms with Gasteiger partial charge in [0.25, 0.3) is 0 Å². The normalized spacial score (nSPS) is 11.6. The number of Topliss-reactive ketones (excluding diaryl/α,β-unsaturated/α-hetero) is 4. The molecule has 1 heterocycles. The predicted octanol–water partition coefficient (Wildman–Crippen LogP) is 6.59. The number of nitrogens with two attached hydrogens (primary N) is 5. The molecular weight excluding hydrogens is 819 g/mol. The Morgan fingerprint density at radius 1 is 0.581 bits per heavy atom. The lowest BCUT2D eigenvalue weighted by Gasteiger charge is -2.24. The van der Waals surface area contributed by atoms with E-state index in [0.717, 1.165) is 68.9 Å². The maximum atomic E-state index is 14.2. The first-order chi connectivity index (χ1) is 29.2. The van der Waals surface area contributed by atoms with Gasteiger partial charge in [-0.3, -0.25) is 29.2 Å². The first-order valence-corrected chi connectivity index (χ1v) is 23.5. The maximum Gasteiger partial charge on any atom is 0.185 e. The quantitative estimate of drug-likeness (QED) is 0.0188. The van der Waals surface area contributed by atoms with E-state index >= 15 is 0 Å². The van der Waals surface area contributed by atoms with Crippen LogP contribution in [0.2, 0.25) is 0 Å². The molecule has 0 saturated carbocycles. The predicted molar refractivity (Wildman–Crippen MR) is 256 cm³/mol. The number of nitrogens with zero attached hydrogens (tertiary/aromatic N) is 4. The van der Waals surface area contributed by atoms with Gasteiger partial charge in [-0.15, -0.1) is 23.5 Å². The lowest BCUT2D eigenvalue weighted by atomic mass is 9.83. The molecule has 62 heavy (non-hydrogen) atoms. The first kappa shape index (κ1) is 51.7. The number of thioether (sulfide) groups is 2. The van der Waals surface area contributed by atoms with Gasteiger partial charge in [0.05, 0.1) is 13.1 Å². The van der Waals surface area contributed by atoms with Crippen molar-refractivity contribution >= 4 is 58.6 Å². The molecule has 0 aliphatic heterocycles. The van der Waals surface area contributed by atoms with E-state index in [-0.39, 0.29) is 83.0 Å². The fourth-order valence-corrected chi connectivity index (χ4v) is 8.78. The highest BCUT2D eigenvalue weighted by Gasteiger charge is 2.25. The van der Waals surface area contributed by atoms with Crippen LogP contribution in [0, 0.1) is 0 Å². The Hall–Kier alpha value is -4.60. The van der Waals surface area contributed by atoms with Gasteiger partial charge in [0, 0.05) is 59.8 Å². The molecule has 0 amide bonds. The number of rotatable bonds is 26. The van der Waals surface area contributed by atoms with E-state index in [0.29, 0.717) is 50.4 Å². The van der Waals surface area contributed by atoms with Gasteiger partial charge in [-0.1, -0.05) is 85.6 Å². The topological polar surface area (TPSA) is 249 Å². The Labute approximate surface area is 377 Å². The highest BCUT2D eigenvalue weighted by molar-refractivity contribution is 7.99. The summed E-state index contributed by atoms with van der Waals surface area (Å²) < 4.78 is 0. The van der Waals surface area contributed by atoms with Crippen molar-refractivity contribution in [2.45, 2.75) is 140 Å². The molecule has 0 bridgehead atoms. The van der Waals surface area contributed by atoms with Crippen LogP contribution in [0.1, 0.15) is 148 Å². The molecular formula is C47H69N9O4S2. The largest absolute Gasteiger partial charge is 0.370 e. The Kier molecular flexibility index (Phi) is 20.8. The zero-order valence-electron chi connectivity index (χ0n) is 37.9. The van der Waals surface area contributed by atoms with Gasteiger partial charge in [-0.05, 0) is 76.1 Å². The highest BCUT2D eigenvalue weighted by atomic mass is 32.2. The third-order valence-electron chi connectivity index (χ3n) is 10.2. The average molecular weight is 888 g/mol. The molecule has 3 aromatic rings. The van der Waals surface area contributed by atoms with Crippen LogP contribution >= 0.6 is 23.5 Å². The summed E-state index contributed by atoms with van der Waals surface area (Å²) in [5.41, 5.74) is 33.0. The van der Waals surface area contributed by atoms with E-state index in [1.54, 1.807) is 0 Å². The third-order valence-corrected chi connectivity index (χ3v) is 12.6. The Morgan fingerprint density at radius 3 is 1.32 bits per heavy atom. The number of benzene rings is 2. The van der Waals surface area contributed by atoms with E-state index in [4.69, 9.17) is 28.7 Å². The molecule has 2 aromatic carbocycles. The summed E-state index contributed by atoms with van der Waals surface area (Å²) in [6.07, 6.45) is 6.91. The summed E-state index contributed by atoms with van der Waals surface area (Å²) in [4.78, 5) is 73.6.